The number of carbonyl (C=O) groups excluding carboxylic acids is 1. The van der Waals surface area contributed by atoms with Gasteiger partial charge >= 0.3 is 0 Å². The summed E-state index contributed by atoms with van der Waals surface area (Å²) in [4.78, 5) is 16.4. The summed E-state index contributed by atoms with van der Waals surface area (Å²) in [5.41, 5.74) is 1.23. The third kappa shape index (κ3) is 3.80. The van der Waals surface area contributed by atoms with E-state index < -0.39 is 0 Å². The molecule has 0 saturated carbocycles. The van der Waals surface area contributed by atoms with Crippen molar-refractivity contribution in [1.29, 1.82) is 0 Å². The average molecular weight is 390 g/mol. The first-order chi connectivity index (χ1) is 11.1. The summed E-state index contributed by atoms with van der Waals surface area (Å²) in [5.74, 6) is 0.865. The van der Waals surface area contributed by atoms with Gasteiger partial charge in [-0.2, -0.15) is 0 Å². The molecule has 1 aromatic heterocycles. The second-order valence-electron chi connectivity index (χ2n) is 4.70. The van der Waals surface area contributed by atoms with E-state index >= 15 is 0 Å². The van der Waals surface area contributed by atoms with E-state index in [1.54, 1.807) is 36.4 Å². The lowest BCUT2D eigenvalue weighted by atomic mass is 10.2. The number of benzene rings is 2. The Morgan fingerprint density at radius 2 is 1.91 bits per heavy atom. The molecular weight excluding hydrogens is 378 g/mol. The number of rotatable bonds is 5. The number of carbonyl (C=O) groups is 1. The van der Waals surface area contributed by atoms with Gasteiger partial charge in [0.15, 0.2) is 11.6 Å². The van der Waals surface area contributed by atoms with Gasteiger partial charge in [-0.05, 0) is 24.3 Å². The number of phenols is 1. The molecule has 0 atom stereocenters. The van der Waals surface area contributed by atoms with E-state index in [9.17, 15) is 9.90 Å². The molecule has 0 amide bonds. The van der Waals surface area contributed by atoms with Crippen LogP contribution < -0.4 is 0 Å². The van der Waals surface area contributed by atoms with Crippen molar-refractivity contribution in [3.05, 3.63) is 58.6 Å². The zero-order valence-corrected chi connectivity index (χ0v) is 14.3. The zero-order valence-electron chi connectivity index (χ0n) is 11.9. The highest BCUT2D eigenvalue weighted by molar-refractivity contribution is 9.10. The number of H-pyrrole nitrogens is 1. The minimum absolute atomic E-state index is 0.0106. The summed E-state index contributed by atoms with van der Waals surface area (Å²) in [7, 11) is 0. The Kier molecular flexibility index (Phi) is 4.78. The van der Waals surface area contributed by atoms with E-state index in [4.69, 9.17) is 0 Å². The van der Waals surface area contributed by atoms with Gasteiger partial charge in [0.05, 0.1) is 11.3 Å². The molecule has 0 bridgehead atoms. The van der Waals surface area contributed by atoms with Gasteiger partial charge in [-0.25, -0.2) is 4.98 Å². The predicted octanol–water partition coefficient (Wildman–Crippen LogP) is 3.91. The van der Waals surface area contributed by atoms with E-state index in [1.165, 1.54) is 11.8 Å². The van der Waals surface area contributed by atoms with Crippen LogP contribution >= 0.6 is 27.7 Å². The number of aromatic nitrogens is 3. The van der Waals surface area contributed by atoms with Crippen molar-refractivity contribution in [2.75, 3.05) is 5.75 Å². The normalized spacial score (nSPS) is 10.7. The second kappa shape index (κ2) is 6.97. The number of ketones is 1. The maximum atomic E-state index is 12.1. The number of aromatic hydroxyl groups is 1. The van der Waals surface area contributed by atoms with Gasteiger partial charge in [-0.15, -0.1) is 5.10 Å². The molecule has 0 aliphatic rings. The highest BCUT2D eigenvalue weighted by atomic mass is 79.9. The van der Waals surface area contributed by atoms with Crippen LogP contribution in [0.15, 0.2) is 58.2 Å². The number of phenolic OH excluding ortho intramolecular Hbond substituents is 1. The Bertz CT molecular complexity index is 833. The van der Waals surface area contributed by atoms with Gasteiger partial charge in [-0.1, -0.05) is 52.0 Å². The van der Waals surface area contributed by atoms with Gasteiger partial charge in [-0.3, -0.25) is 9.89 Å². The molecule has 3 rings (SSSR count). The lowest BCUT2D eigenvalue weighted by Crippen LogP contribution is -2.02. The van der Waals surface area contributed by atoms with Gasteiger partial charge in [0.25, 0.3) is 0 Å². The molecule has 0 aliphatic carbocycles. The highest BCUT2D eigenvalue weighted by Crippen LogP contribution is 2.27. The number of para-hydroxylation sites is 1. The van der Waals surface area contributed by atoms with E-state index in [2.05, 4.69) is 31.1 Å². The van der Waals surface area contributed by atoms with E-state index in [-0.39, 0.29) is 17.3 Å². The molecule has 116 valence electrons. The third-order valence-electron chi connectivity index (χ3n) is 3.12. The van der Waals surface area contributed by atoms with Gasteiger partial charge in [0, 0.05) is 10.0 Å². The highest BCUT2D eigenvalue weighted by Gasteiger charge is 2.12. The van der Waals surface area contributed by atoms with Crippen molar-refractivity contribution < 1.29 is 9.90 Å². The van der Waals surface area contributed by atoms with Crippen LogP contribution in [-0.4, -0.2) is 31.8 Å². The van der Waals surface area contributed by atoms with Gasteiger partial charge in [0.2, 0.25) is 5.16 Å². The predicted molar refractivity (Wildman–Crippen MR) is 92.7 cm³/mol. The van der Waals surface area contributed by atoms with Crippen molar-refractivity contribution in [2.24, 2.45) is 0 Å². The van der Waals surface area contributed by atoms with Crippen LogP contribution in [0.25, 0.3) is 11.4 Å². The van der Waals surface area contributed by atoms with Crippen LogP contribution in [0.2, 0.25) is 0 Å². The van der Waals surface area contributed by atoms with Crippen LogP contribution in [0.4, 0.5) is 0 Å². The van der Waals surface area contributed by atoms with Crippen LogP contribution in [0.5, 0.6) is 5.75 Å². The standard InChI is InChI=1S/C16H12BrN3O2S/c17-11-7-5-10(6-8-11)14(22)9-23-16-18-15(19-20-16)12-3-1-2-4-13(12)21/h1-8,21H,9H2,(H,18,19,20). The molecular formula is C16H12BrN3O2S. The van der Waals surface area contributed by atoms with Crippen LogP contribution in [0.1, 0.15) is 10.4 Å². The molecule has 0 fully saturated rings. The summed E-state index contributed by atoms with van der Waals surface area (Å²) in [5, 5.41) is 17.1. The molecule has 2 N–H and O–H groups in total. The number of aromatic amines is 1. The van der Waals surface area contributed by atoms with E-state index in [0.29, 0.717) is 22.1 Å². The topological polar surface area (TPSA) is 78.9 Å². The lowest BCUT2D eigenvalue weighted by molar-refractivity contribution is 0.102. The number of thioether (sulfide) groups is 1. The molecule has 0 saturated heterocycles. The van der Waals surface area contributed by atoms with Crippen molar-refractivity contribution in [2.45, 2.75) is 5.16 Å². The first kappa shape index (κ1) is 15.8. The molecule has 0 spiro atoms. The molecule has 3 aromatic rings. The number of Topliss-reactive ketones (excluding diaryl/α,β-unsaturated/α-hetero) is 1. The molecule has 7 heteroatoms. The minimum Gasteiger partial charge on any atom is -0.507 e. The first-order valence-corrected chi connectivity index (χ1v) is 8.53. The zero-order chi connectivity index (χ0) is 16.2. The van der Waals surface area contributed by atoms with E-state index in [0.717, 1.165) is 4.47 Å². The molecule has 23 heavy (non-hydrogen) atoms. The number of nitrogens with one attached hydrogen (secondary N) is 1. The van der Waals surface area contributed by atoms with Crippen molar-refractivity contribution in [1.82, 2.24) is 15.2 Å². The molecule has 0 radical (unpaired) electrons. The number of nitrogens with zero attached hydrogens (tertiary/aromatic N) is 2. The maximum absolute atomic E-state index is 12.1. The van der Waals surface area contributed by atoms with Crippen molar-refractivity contribution in [3.8, 4) is 17.1 Å². The summed E-state index contributed by atoms with van der Waals surface area (Å²) < 4.78 is 0.933. The molecule has 1 heterocycles. The molecule has 5 nitrogen and oxygen atoms in total. The quantitative estimate of drug-likeness (QED) is 0.510. The largest absolute Gasteiger partial charge is 0.507 e. The van der Waals surface area contributed by atoms with Gasteiger partial charge < -0.3 is 5.11 Å². The maximum Gasteiger partial charge on any atom is 0.209 e. The fraction of sp³-hybridized carbons (Fsp3) is 0.0625. The third-order valence-corrected chi connectivity index (χ3v) is 4.50. The lowest BCUT2D eigenvalue weighted by Gasteiger charge is -1.99. The summed E-state index contributed by atoms with van der Waals surface area (Å²) in [6.45, 7) is 0. The SMILES string of the molecule is O=C(CSc1n[nH]c(-c2ccccc2O)n1)c1ccc(Br)cc1. The van der Waals surface area contributed by atoms with Crippen LogP contribution in [0, 0.1) is 0 Å². The fourth-order valence-electron chi connectivity index (χ4n) is 1.95. The molecule has 0 aliphatic heterocycles. The minimum atomic E-state index is 0.0106. The van der Waals surface area contributed by atoms with Crippen LogP contribution in [-0.2, 0) is 0 Å². The smallest absolute Gasteiger partial charge is 0.209 e. The van der Waals surface area contributed by atoms with Crippen molar-refractivity contribution >= 4 is 33.5 Å². The van der Waals surface area contributed by atoms with Gasteiger partial charge in [0.1, 0.15) is 5.75 Å². The monoisotopic (exact) mass is 389 g/mol. The first-order valence-electron chi connectivity index (χ1n) is 6.76. The van der Waals surface area contributed by atoms with E-state index in [1.807, 2.05) is 12.1 Å². The van der Waals surface area contributed by atoms with Crippen LogP contribution in [0.3, 0.4) is 0 Å². The number of halogens is 1. The Morgan fingerprint density at radius 1 is 1.17 bits per heavy atom. The Morgan fingerprint density at radius 3 is 2.65 bits per heavy atom. The fourth-order valence-corrected chi connectivity index (χ4v) is 2.91. The Hall–Kier alpha value is -2.12. The second-order valence-corrected chi connectivity index (χ2v) is 6.56. The Labute approximate surface area is 145 Å². The molecule has 0 unspecified atom stereocenters. The van der Waals surface area contributed by atoms with Crippen molar-refractivity contribution in [3.63, 3.8) is 0 Å². The number of hydrogen-bond acceptors (Lipinski definition) is 5. The number of hydrogen-bond donors (Lipinski definition) is 2. The summed E-state index contributed by atoms with van der Waals surface area (Å²) >= 11 is 4.59. The Balaban J connectivity index is 1.67. The average Bonchev–Trinajstić information content (AvgIpc) is 3.02. The summed E-state index contributed by atoms with van der Waals surface area (Å²) in [6.07, 6.45) is 0. The molecule has 2 aromatic carbocycles. The summed E-state index contributed by atoms with van der Waals surface area (Å²) in [6, 6.07) is 14.1.